The summed E-state index contributed by atoms with van der Waals surface area (Å²) in [6.45, 7) is 2.27. The first kappa shape index (κ1) is 12.8. The molecule has 1 fully saturated rings. The zero-order chi connectivity index (χ0) is 12.5. The van der Waals surface area contributed by atoms with E-state index >= 15 is 0 Å². The van der Waals surface area contributed by atoms with Crippen LogP contribution in [0.5, 0.6) is 0 Å². The lowest BCUT2D eigenvalue weighted by Gasteiger charge is -2.28. The normalized spacial score (nSPS) is 18.0. The SMILES string of the molecule is CC1(Nc2ccc(Br)cc2C(N)=S)CCCC1. The van der Waals surface area contributed by atoms with Crippen LogP contribution in [0, 0.1) is 0 Å². The number of nitrogens with two attached hydrogens (primary N) is 1. The Balaban J connectivity index is 2.28. The van der Waals surface area contributed by atoms with Crippen LogP contribution in [0.3, 0.4) is 0 Å². The molecule has 0 bridgehead atoms. The number of hydrogen-bond donors (Lipinski definition) is 2. The molecular weight excluding hydrogens is 296 g/mol. The van der Waals surface area contributed by atoms with Gasteiger partial charge in [-0.05, 0) is 38.0 Å². The number of rotatable bonds is 3. The minimum absolute atomic E-state index is 0.188. The highest BCUT2D eigenvalue weighted by molar-refractivity contribution is 9.10. The van der Waals surface area contributed by atoms with Crippen LogP contribution in [0.1, 0.15) is 38.2 Å². The molecule has 0 spiro atoms. The van der Waals surface area contributed by atoms with Crippen LogP contribution in [0.15, 0.2) is 22.7 Å². The van der Waals surface area contributed by atoms with Crippen molar-refractivity contribution in [1.29, 1.82) is 0 Å². The van der Waals surface area contributed by atoms with Gasteiger partial charge in [-0.15, -0.1) is 0 Å². The van der Waals surface area contributed by atoms with E-state index in [0.717, 1.165) is 15.7 Å². The monoisotopic (exact) mass is 312 g/mol. The standard InChI is InChI=1S/C13H17BrN2S/c1-13(6-2-3-7-13)16-11-5-4-9(14)8-10(11)12(15)17/h4-5,8,16H,2-3,6-7H2,1H3,(H2,15,17). The van der Waals surface area contributed by atoms with E-state index in [4.69, 9.17) is 18.0 Å². The minimum atomic E-state index is 0.188. The van der Waals surface area contributed by atoms with Gasteiger partial charge in [0, 0.05) is 21.3 Å². The Hall–Kier alpha value is -0.610. The van der Waals surface area contributed by atoms with E-state index in [-0.39, 0.29) is 5.54 Å². The van der Waals surface area contributed by atoms with E-state index in [1.807, 2.05) is 18.2 Å². The Labute approximate surface area is 116 Å². The van der Waals surface area contributed by atoms with Gasteiger partial charge in [0.2, 0.25) is 0 Å². The lowest BCUT2D eigenvalue weighted by Crippen LogP contribution is -2.32. The van der Waals surface area contributed by atoms with E-state index in [1.165, 1.54) is 25.7 Å². The summed E-state index contributed by atoms with van der Waals surface area (Å²) in [7, 11) is 0. The molecule has 0 aromatic heterocycles. The van der Waals surface area contributed by atoms with Crippen molar-refractivity contribution >= 4 is 38.8 Å². The van der Waals surface area contributed by atoms with Crippen molar-refractivity contribution in [2.24, 2.45) is 5.73 Å². The summed E-state index contributed by atoms with van der Waals surface area (Å²) < 4.78 is 1.00. The molecule has 0 heterocycles. The number of nitrogens with one attached hydrogen (secondary N) is 1. The van der Waals surface area contributed by atoms with E-state index in [2.05, 4.69) is 28.2 Å². The fraction of sp³-hybridized carbons (Fsp3) is 0.462. The second kappa shape index (κ2) is 4.94. The number of benzene rings is 1. The van der Waals surface area contributed by atoms with Crippen LogP contribution in [-0.4, -0.2) is 10.5 Å². The topological polar surface area (TPSA) is 38.0 Å². The minimum Gasteiger partial charge on any atom is -0.389 e. The van der Waals surface area contributed by atoms with Crippen LogP contribution in [0.2, 0.25) is 0 Å². The van der Waals surface area contributed by atoms with Crippen molar-refractivity contribution in [1.82, 2.24) is 0 Å². The lowest BCUT2D eigenvalue weighted by molar-refractivity contribution is 0.533. The molecule has 2 rings (SSSR count). The summed E-state index contributed by atoms with van der Waals surface area (Å²) in [5.74, 6) is 0. The van der Waals surface area contributed by atoms with Crippen LogP contribution in [-0.2, 0) is 0 Å². The molecule has 1 aromatic carbocycles. The highest BCUT2D eigenvalue weighted by Gasteiger charge is 2.28. The van der Waals surface area contributed by atoms with E-state index in [0.29, 0.717) is 4.99 Å². The maximum atomic E-state index is 5.77. The lowest BCUT2D eigenvalue weighted by atomic mass is 9.99. The maximum absolute atomic E-state index is 5.77. The molecule has 1 saturated carbocycles. The Morgan fingerprint density at radius 2 is 2.06 bits per heavy atom. The molecule has 2 nitrogen and oxygen atoms in total. The molecule has 0 unspecified atom stereocenters. The molecule has 1 aliphatic rings. The number of anilines is 1. The summed E-state index contributed by atoms with van der Waals surface area (Å²) in [6.07, 6.45) is 5.00. The van der Waals surface area contributed by atoms with Crippen molar-refractivity contribution < 1.29 is 0 Å². The van der Waals surface area contributed by atoms with E-state index < -0.39 is 0 Å². The molecule has 0 saturated heterocycles. The average molecular weight is 313 g/mol. The van der Waals surface area contributed by atoms with Gasteiger partial charge in [-0.25, -0.2) is 0 Å². The Morgan fingerprint density at radius 1 is 1.41 bits per heavy atom. The molecule has 1 aromatic rings. The maximum Gasteiger partial charge on any atom is 0.106 e. The van der Waals surface area contributed by atoms with Crippen molar-refractivity contribution in [3.63, 3.8) is 0 Å². The fourth-order valence-electron chi connectivity index (χ4n) is 2.43. The van der Waals surface area contributed by atoms with Gasteiger partial charge >= 0.3 is 0 Å². The number of thiocarbonyl (C=S) groups is 1. The summed E-state index contributed by atoms with van der Waals surface area (Å²) in [5.41, 5.74) is 7.92. The molecule has 0 atom stereocenters. The summed E-state index contributed by atoms with van der Waals surface area (Å²) >= 11 is 8.55. The third-order valence-corrected chi connectivity index (χ3v) is 4.10. The highest BCUT2D eigenvalue weighted by atomic mass is 79.9. The second-order valence-corrected chi connectivity index (χ2v) is 6.30. The summed E-state index contributed by atoms with van der Waals surface area (Å²) in [4.78, 5) is 0.440. The largest absolute Gasteiger partial charge is 0.389 e. The number of halogens is 1. The Bertz CT molecular complexity index is 439. The first-order chi connectivity index (χ1) is 8.00. The fourth-order valence-corrected chi connectivity index (χ4v) is 2.96. The molecule has 17 heavy (non-hydrogen) atoms. The molecule has 3 N–H and O–H groups in total. The van der Waals surface area contributed by atoms with Gasteiger partial charge in [-0.3, -0.25) is 0 Å². The van der Waals surface area contributed by atoms with E-state index in [9.17, 15) is 0 Å². The van der Waals surface area contributed by atoms with E-state index in [1.54, 1.807) is 0 Å². The molecule has 0 amide bonds. The third kappa shape index (κ3) is 2.99. The molecular formula is C13H17BrN2S. The Morgan fingerprint density at radius 3 is 2.65 bits per heavy atom. The molecule has 0 aliphatic heterocycles. The zero-order valence-electron chi connectivity index (χ0n) is 9.92. The summed E-state index contributed by atoms with van der Waals surface area (Å²) in [5, 5.41) is 3.61. The first-order valence-electron chi connectivity index (χ1n) is 5.88. The van der Waals surface area contributed by atoms with Gasteiger partial charge in [0.25, 0.3) is 0 Å². The molecule has 0 radical (unpaired) electrons. The smallest absolute Gasteiger partial charge is 0.106 e. The highest BCUT2D eigenvalue weighted by Crippen LogP contribution is 2.34. The van der Waals surface area contributed by atoms with Crippen molar-refractivity contribution in [3.8, 4) is 0 Å². The van der Waals surface area contributed by atoms with Gasteiger partial charge in [-0.1, -0.05) is 41.0 Å². The predicted molar refractivity (Wildman–Crippen MR) is 80.5 cm³/mol. The van der Waals surface area contributed by atoms with Gasteiger partial charge in [0.05, 0.1) is 0 Å². The summed E-state index contributed by atoms with van der Waals surface area (Å²) in [6, 6.07) is 6.04. The first-order valence-corrected chi connectivity index (χ1v) is 7.08. The van der Waals surface area contributed by atoms with Crippen LogP contribution >= 0.6 is 28.1 Å². The molecule has 4 heteroatoms. The van der Waals surface area contributed by atoms with Crippen molar-refractivity contribution in [3.05, 3.63) is 28.2 Å². The van der Waals surface area contributed by atoms with Crippen LogP contribution in [0.25, 0.3) is 0 Å². The van der Waals surface area contributed by atoms with Gasteiger partial charge < -0.3 is 11.1 Å². The van der Waals surface area contributed by atoms with Gasteiger partial charge in [-0.2, -0.15) is 0 Å². The molecule has 1 aliphatic carbocycles. The van der Waals surface area contributed by atoms with Crippen LogP contribution < -0.4 is 11.1 Å². The zero-order valence-corrected chi connectivity index (χ0v) is 12.3. The average Bonchev–Trinajstić information content (AvgIpc) is 2.67. The van der Waals surface area contributed by atoms with Gasteiger partial charge in [0.15, 0.2) is 0 Å². The third-order valence-electron chi connectivity index (χ3n) is 3.39. The van der Waals surface area contributed by atoms with Crippen molar-refractivity contribution in [2.45, 2.75) is 38.1 Å². The second-order valence-electron chi connectivity index (χ2n) is 4.95. The molecule has 92 valence electrons. The van der Waals surface area contributed by atoms with Crippen molar-refractivity contribution in [2.75, 3.05) is 5.32 Å². The Kier molecular flexibility index (Phi) is 3.73. The predicted octanol–water partition coefficient (Wildman–Crippen LogP) is 3.83. The van der Waals surface area contributed by atoms with Crippen LogP contribution in [0.4, 0.5) is 5.69 Å². The quantitative estimate of drug-likeness (QED) is 0.833. The van der Waals surface area contributed by atoms with Gasteiger partial charge in [0.1, 0.15) is 4.99 Å². The number of hydrogen-bond acceptors (Lipinski definition) is 2.